The molecular formula is C11H18Si. The molecule has 0 aliphatic rings. The van der Waals surface area contributed by atoms with Crippen molar-refractivity contribution < 1.29 is 0 Å². The van der Waals surface area contributed by atoms with Crippen LogP contribution in [0.1, 0.15) is 25.3 Å². The molecule has 0 spiro atoms. The maximum Gasteiger partial charge on any atom is 0.0651 e. The van der Waals surface area contributed by atoms with Crippen LogP contribution in [0, 0.1) is 0 Å². The molecule has 0 atom stereocenters. The van der Waals surface area contributed by atoms with Crippen LogP contribution in [-0.2, 0) is 0 Å². The minimum atomic E-state index is -0.624. The van der Waals surface area contributed by atoms with Crippen LogP contribution in [0.5, 0.6) is 0 Å². The van der Waals surface area contributed by atoms with Gasteiger partial charge in [-0.2, -0.15) is 0 Å². The summed E-state index contributed by atoms with van der Waals surface area (Å²) in [7, 11) is -0.624. The molecule has 1 heteroatoms. The summed E-state index contributed by atoms with van der Waals surface area (Å²) in [6, 6.07) is 8.88. The molecule has 12 heavy (non-hydrogen) atoms. The Labute approximate surface area is 77.2 Å². The summed E-state index contributed by atoms with van der Waals surface area (Å²) >= 11 is 0. The molecule has 1 aromatic rings. The van der Waals surface area contributed by atoms with Crippen molar-refractivity contribution in [3.63, 3.8) is 0 Å². The normalized spacial score (nSPS) is 11.2. The largest absolute Gasteiger partial charge is 0.0682 e. The zero-order valence-corrected chi connectivity index (χ0v) is 9.62. The van der Waals surface area contributed by atoms with E-state index in [4.69, 9.17) is 0 Å². The topological polar surface area (TPSA) is 0 Å². The third kappa shape index (κ3) is 1.98. The van der Waals surface area contributed by atoms with Gasteiger partial charge in [-0.05, 0) is 11.5 Å². The first-order valence-electron chi connectivity index (χ1n) is 4.71. The van der Waals surface area contributed by atoms with Gasteiger partial charge in [0.25, 0.3) is 0 Å². The van der Waals surface area contributed by atoms with Crippen LogP contribution in [0.25, 0.3) is 0 Å². The second kappa shape index (κ2) is 3.90. The third-order valence-electron chi connectivity index (χ3n) is 2.24. The molecule has 66 valence electrons. The fraction of sp³-hybridized carbons (Fsp3) is 0.455. The maximum absolute atomic E-state index is 2.39. The van der Waals surface area contributed by atoms with E-state index in [1.807, 2.05) is 0 Å². The van der Waals surface area contributed by atoms with E-state index in [1.165, 1.54) is 0 Å². The van der Waals surface area contributed by atoms with Crippen LogP contribution in [0.2, 0.25) is 13.1 Å². The Bertz CT molecular complexity index is 224. The molecule has 0 N–H and O–H groups in total. The first-order valence-corrected chi connectivity index (χ1v) is 7.60. The van der Waals surface area contributed by atoms with Gasteiger partial charge in [-0.15, -0.1) is 0 Å². The Morgan fingerprint density at radius 3 is 2.08 bits per heavy atom. The predicted molar refractivity (Wildman–Crippen MR) is 59.0 cm³/mol. The second-order valence-corrected chi connectivity index (χ2v) is 6.87. The zero-order chi connectivity index (χ0) is 9.14. The molecule has 0 nitrogen and oxygen atoms in total. The van der Waals surface area contributed by atoms with E-state index in [0.29, 0.717) is 5.92 Å². The van der Waals surface area contributed by atoms with Gasteiger partial charge in [-0.3, -0.25) is 0 Å². The molecule has 0 fully saturated rings. The van der Waals surface area contributed by atoms with Crippen molar-refractivity contribution in [2.45, 2.75) is 32.9 Å². The number of hydrogen-bond donors (Lipinski definition) is 0. The number of hydrogen-bond acceptors (Lipinski definition) is 0. The quantitative estimate of drug-likeness (QED) is 0.610. The molecule has 1 rings (SSSR count). The van der Waals surface area contributed by atoms with Crippen LogP contribution in [-0.4, -0.2) is 8.80 Å². The maximum atomic E-state index is 2.39. The lowest BCUT2D eigenvalue weighted by Gasteiger charge is -2.14. The minimum Gasteiger partial charge on any atom is -0.0682 e. The van der Waals surface area contributed by atoms with E-state index in [2.05, 4.69) is 51.2 Å². The predicted octanol–water partition coefficient (Wildman–Crippen LogP) is 2.50. The Morgan fingerprint density at radius 1 is 1.08 bits per heavy atom. The highest BCUT2D eigenvalue weighted by atomic mass is 28.3. The van der Waals surface area contributed by atoms with Crippen molar-refractivity contribution in [1.82, 2.24) is 0 Å². The van der Waals surface area contributed by atoms with E-state index in [0.717, 1.165) is 0 Å². The summed E-state index contributed by atoms with van der Waals surface area (Å²) in [5.74, 6) is 0.677. The lowest BCUT2D eigenvalue weighted by atomic mass is 10.0. The molecule has 0 aliphatic carbocycles. The van der Waals surface area contributed by atoms with Crippen LogP contribution in [0.15, 0.2) is 24.3 Å². The highest BCUT2D eigenvalue weighted by Gasteiger charge is 2.08. The van der Waals surface area contributed by atoms with Gasteiger partial charge in [0.15, 0.2) is 0 Å². The van der Waals surface area contributed by atoms with Crippen LogP contribution >= 0.6 is 0 Å². The van der Waals surface area contributed by atoms with Crippen molar-refractivity contribution in [3.8, 4) is 0 Å². The van der Waals surface area contributed by atoms with Crippen molar-refractivity contribution >= 4 is 14.0 Å². The first-order chi connectivity index (χ1) is 5.63. The summed E-state index contributed by atoms with van der Waals surface area (Å²) in [5, 5.41) is 1.63. The fourth-order valence-corrected chi connectivity index (χ4v) is 3.15. The monoisotopic (exact) mass is 178 g/mol. The van der Waals surface area contributed by atoms with Crippen molar-refractivity contribution in [1.29, 1.82) is 0 Å². The average Bonchev–Trinajstić information content (AvgIpc) is 2.04. The van der Waals surface area contributed by atoms with Gasteiger partial charge in [0.2, 0.25) is 0 Å². The van der Waals surface area contributed by atoms with Crippen LogP contribution in [0.4, 0.5) is 0 Å². The van der Waals surface area contributed by atoms with Crippen molar-refractivity contribution in [3.05, 3.63) is 29.8 Å². The van der Waals surface area contributed by atoms with Crippen LogP contribution in [0.3, 0.4) is 0 Å². The van der Waals surface area contributed by atoms with E-state index >= 15 is 0 Å². The van der Waals surface area contributed by atoms with Gasteiger partial charge in [0.1, 0.15) is 0 Å². The molecule has 0 unspecified atom stereocenters. The zero-order valence-electron chi connectivity index (χ0n) is 8.46. The minimum absolute atomic E-state index is 0.624. The van der Waals surface area contributed by atoms with E-state index in [9.17, 15) is 0 Å². The van der Waals surface area contributed by atoms with Crippen molar-refractivity contribution in [2.24, 2.45) is 0 Å². The highest BCUT2D eigenvalue weighted by Crippen LogP contribution is 2.11. The molecule has 0 bridgehead atoms. The first kappa shape index (κ1) is 9.52. The van der Waals surface area contributed by atoms with Gasteiger partial charge >= 0.3 is 0 Å². The lowest BCUT2D eigenvalue weighted by Crippen LogP contribution is -2.27. The Balaban J connectivity index is 3.09. The summed E-state index contributed by atoms with van der Waals surface area (Å²) in [6.45, 7) is 9.33. The molecule has 0 saturated heterocycles. The van der Waals surface area contributed by atoms with Crippen molar-refractivity contribution in [2.75, 3.05) is 0 Å². The lowest BCUT2D eigenvalue weighted by molar-refractivity contribution is 0.873. The summed E-state index contributed by atoms with van der Waals surface area (Å²) < 4.78 is 0. The molecule has 0 radical (unpaired) electrons. The average molecular weight is 178 g/mol. The Kier molecular flexibility index (Phi) is 3.10. The van der Waals surface area contributed by atoms with Gasteiger partial charge in [0.05, 0.1) is 8.80 Å². The molecule has 0 aliphatic heterocycles. The molecule has 0 heterocycles. The standard InChI is InChI=1S/C11H18Si/c1-9(2)10-7-5-6-8-11(10)12(3)4/h5-9,12H,1-4H3. The summed E-state index contributed by atoms with van der Waals surface area (Å²) in [6.07, 6.45) is 0. The fourth-order valence-electron chi connectivity index (χ4n) is 1.56. The van der Waals surface area contributed by atoms with Gasteiger partial charge in [0, 0.05) is 0 Å². The van der Waals surface area contributed by atoms with Crippen LogP contribution < -0.4 is 5.19 Å². The highest BCUT2D eigenvalue weighted by molar-refractivity contribution is 6.71. The summed E-state index contributed by atoms with van der Waals surface area (Å²) in [4.78, 5) is 0. The van der Waals surface area contributed by atoms with Gasteiger partial charge < -0.3 is 0 Å². The van der Waals surface area contributed by atoms with E-state index in [1.54, 1.807) is 10.8 Å². The summed E-state index contributed by atoms with van der Waals surface area (Å²) in [5.41, 5.74) is 1.55. The Morgan fingerprint density at radius 2 is 1.67 bits per heavy atom. The second-order valence-electron chi connectivity index (χ2n) is 3.94. The number of rotatable bonds is 2. The third-order valence-corrected chi connectivity index (χ3v) is 4.01. The van der Waals surface area contributed by atoms with E-state index < -0.39 is 8.80 Å². The van der Waals surface area contributed by atoms with Gasteiger partial charge in [-0.1, -0.05) is 56.4 Å². The molecule has 0 aromatic heterocycles. The SMILES string of the molecule is CC(C)c1ccccc1[SiH](C)C. The molecule has 0 amide bonds. The number of benzene rings is 1. The van der Waals surface area contributed by atoms with E-state index in [-0.39, 0.29) is 0 Å². The molecule has 1 aromatic carbocycles. The van der Waals surface area contributed by atoms with Gasteiger partial charge in [-0.25, -0.2) is 0 Å². The smallest absolute Gasteiger partial charge is 0.0651 e. The molecular weight excluding hydrogens is 160 g/mol. The molecule has 0 saturated carbocycles. The Hall–Kier alpha value is -0.563.